The zero-order valence-electron chi connectivity index (χ0n) is 19.6. The molecule has 0 unspecified atom stereocenters. The van der Waals surface area contributed by atoms with Gasteiger partial charge in [0.25, 0.3) is 5.91 Å². The van der Waals surface area contributed by atoms with Crippen molar-refractivity contribution in [3.8, 4) is 11.3 Å². The quantitative estimate of drug-likeness (QED) is 0.477. The van der Waals surface area contributed by atoms with Crippen LogP contribution in [-0.2, 0) is 4.74 Å². The molecule has 1 saturated carbocycles. The Labute approximate surface area is 203 Å². The Morgan fingerprint density at radius 1 is 1.09 bits per heavy atom. The molecule has 1 amide bonds. The second-order valence-corrected chi connectivity index (χ2v) is 10.2. The van der Waals surface area contributed by atoms with E-state index in [1.165, 1.54) is 12.8 Å². The highest BCUT2D eigenvalue weighted by atomic mass is 16.5. The number of nitrogens with one attached hydrogen (secondary N) is 1. The van der Waals surface area contributed by atoms with Crippen LogP contribution in [0.1, 0.15) is 40.4 Å². The third-order valence-electron chi connectivity index (χ3n) is 7.43. The first-order valence-electron chi connectivity index (χ1n) is 12.1. The van der Waals surface area contributed by atoms with Crippen LogP contribution in [-0.4, -0.2) is 51.8 Å². The summed E-state index contributed by atoms with van der Waals surface area (Å²) in [5.74, 6) is 0.394. The zero-order valence-corrected chi connectivity index (χ0v) is 19.6. The van der Waals surface area contributed by atoms with Gasteiger partial charge in [-0.3, -0.25) is 14.8 Å². The molecule has 8 nitrogen and oxygen atoms in total. The van der Waals surface area contributed by atoms with Gasteiger partial charge < -0.3 is 15.0 Å². The van der Waals surface area contributed by atoms with Gasteiger partial charge >= 0.3 is 0 Å². The second kappa shape index (κ2) is 7.61. The van der Waals surface area contributed by atoms with Crippen LogP contribution in [0.5, 0.6) is 0 Å². The molecule has 0 radical (unpaired) electrons. The van der Waals surface area contributed by atoms with Crippen molar-refractivity contribution >= 4 is 22.8 Å². The lowest BCUT2D eigenvalue weighted by Crippen LogP contribution is -2.66. The fraction of sp³-hybridized carbons (Fsp3) is 0.333. The number of fused-ring (bicyclic) bond motifs is 1. The van der Waals surface area contributed by atoms with Gasteiger partial charge in [0.05, 0.1) is 53.5 Å². The highest BCUT2D eigenvalue weighted by Crippen LogP contribution is 2.41. The minimum absolute atomic E-state index is 0.181. The summed E-state index contributed by atoms with van der Waals surface area (Å²) in [6.45, 7) is 5.67. The van der Waals surface area contributed by atoms with Crippen molar-refractivity contribution < 1.29 is 9.53 Å². The molecule has 7 rings (SSSR count). The maximum absolute atomic E-state index is 13.3. The zero-order chi connectivity index (χ0) is 23.6. The van der Waals surface area contributed by atoms with E-state index in [9.17, 15) is 4.79 Å². The van der Waals surface area contributed by atoms with E-state index in [2.05, 4.69) is 37.4 Å². The predicted octanol–water partition coefficient (Wildman–Crippen LogP) is 4.07. The van der Waals surface area contributed by atoms with Gasteiger partial charge in [0, 0.05) is 48.3 Å². The fourth-order valence-electron chi connectivity index (χ4n) is 5.04. The van der Waals surface area contributed by atoms with Gasteiger partial charge in [0.15, 0.2) is 0 Å². The average Bonchev–Trinajstić information content (AvgIpc) is 3.58. The largest absolute Gasteiger partial charge is 0.380 e. The van der Waals surface area contributed by atoms with Crippen LogP contribution in [0.4, 0.5) is 11.4 Å². The summed E-state index contributed by atoms with van der Waals surface area (Å²) in [6, 6.07) is 10.1. The number of aryl methyl sites for hydroxylation is 1. The Balaban J connectivity index is 1.13. The Kier molecular flexibility index (Phi) is 4.48. The molecular formula is C27H26N6O2. The third-order valence-corrected chi connectivity index (χ3v) is 7.43. The summed E-state index contributed by atoms with van der Waals surface area (Å²) in [6.07, 6.45) is 9.65. The molecule has 35 heavy (non-hydrogen) atoms. The monoisotopic (exact) mass is 466 g/mol. The maximum Gasteiger partial charge on any atom is 0.259 e. The molecule has 5 heterocycles. The number of hydrogen-bond acceptors (Lipinski definition) is 6. The van der Waals surface area contributed by atoms with Crippen LogP contribution >= 0.6 is 0 Å². The van der Waals surface area contributed by atoms with E-state index in [0.717, 1.165) is 65.7 Å². The standard InChI is InChI=1S/C27H26N6O2/c1-17-2-3-19(24-12-28-23(11-29-24)18-4-5-18)8-22(17)31-26(34)21-10-30-33-7-6-20(9-25(21)33)32-13-27(14-32)15-35-16-27/h2-3,6-12,18H,4-5,13-16H2,1H3,(H,31,34). The first-order chi connectivity index (χ1) is 17.1. The molecule has 1 spiro atoms. The Bertz CT molecular complexity index is 1440. The topological polar surface area (TPSA) is 84.7 Å². The van der Waals surface area contributed by atoms with Gasteiger partial charge in [-0.2, -0.15) is 5.10 Å². The molecular weight excluding hydrogens is 440 g/mol. The summed E-state index contributed by atoms with van der Waals surface area (Å²) in [4.78, 5) is 24.8. The van der Waals surface area contributed by atoms with Crippen LogP contribution in [0.15, 0.2) is 55.1 Å². The van der Waals surface area contributed by atoms with E-state index in [4.69, 9.17) is 4.74 Å². The van der Waals surface area contributed by atoms with Crippen LogP contribution < -0.4 is 10.2 Å². The van der Waals surface area contributed by atoms with Crippen molar-refractivity contribution in [3.63, 3.8) is 0 Å². The number of hydrogen-bond donors (Lipinski definition) is 1. The Morgan fingerprint density at radius 3 is 2.66 bits per heavy atom. The number of anilines is 2. The Morgan fingerprint density at radius 2 is 1.94 bits per heavy atom. The third kappa shape index (κ3) is 3.56. The molecule has 1 aliphatic carbocycles. The number of carbonyl (C=O) groups excluding carboxylic acids is 1. The number of nitrogens with zero attached hydrogens (tertiary/aromatic N) is 5. The maximum atomic E-state index is 13.3. The first-order valence-corrected chi connectivity index (χ1v) is 12.1. The number of benzene rings is 1. The van der Waals surface area contributed by atoms with Crippen LogP contribution in [0.25, 0.3) is 16.8 Å². The molecule has 4 aromatic rings. The van der Waals surface area contributed by atoms with Gasteiger partial charge in [0.2, 0.25) is 0 Å². The minimum atomic E-state index is -0.181. The van der Waals surface area contributed by atoms with Gasteiger partial charge in [0.1, 0.15) is 0 Å². The number of aromatic nitrogens is 4. The smallest absolute Gasteiger partial charge is 0.259 e. The molecule has 0 atom stereocenters. The van der Waals surface area contributed by atoms with E-state index >= 15 is 0 Å². The SMILES string of the molecule is Cc1ccc(-c2cnc(C3CC3)cn2)cc1NC(=O)c1cnn2ccc(N3CC4(COC4)C3)cc12. The van der Waals surface area contributed by atoms with Crippen molar-refractivity contribution in [2.75, 3.05) is 36.5 Å². The second-order valence-electron chi connectivity index (χ2n) is 10.2. The highest BCUT2D eigenvalue weighted by molar-refractivity contribution is 6.09. The normalized spacial score (nSPS) is 18.4. The minimum Gasteiger partial charge on any atom is -0.380 e. The summed E-state index contributed by atoms with van der Waals surface area (Å²) >= 11 is 0. The highest BCUT2D eigenvalue weighted by Gasteiger charge is 2.49. The molecule has 1 aromatic carbocycles. The van der Waals surface area contributed by atoms with E-state index in [-0.39, 0.29) is 5.91 Å². The summed E-state index contributed by atoms with van der Waals surface area (Å²) in [7, 11) is 0. The van der Waals surface area contributed by atoms with Crippen LogP contribution in [0.2, 0.25) is 0 Å². The molecule has 0 bridgehead atoms. The average molecular weight is 467 g/mol. The van der Waals surface area contributed by atoms with Gasteiger partial charge in [-0.15, -0.1) is 0 Å². The number of amides is 1. The van der Waals surface area contributed by atoms with E-state index in [1.54, 1.807) is 10.7 Å². The van der Waals surface area contributed by atoms with Crippen molar-refractivity contribution in [2.24, 2.45) is 5.41 Å². The fourth-order valence-corrected chi connectivity index (χ4v) is 5.04. The van der Waals surface area contributed by atoms with Crippen molar-refractivity contribution in [3.05, 3.63) is 71.9 Å². The molecule has 2 saturated heterocycles. The molecule has 2 aliphatic heterocycles. The lowest BCUT2D eigenvalue weighted by Gasteiger charge is -2.56. The lowest BCUT2D eigenvalue weighted by atomic mass is 9.78. The summed E-state index contributed by atoms with van der Waals surface area (Å²) < 4.78 is 7.14. The van der Waals surface area contributed by atoms with Crippen molar-refractivity contribution in [1.82, 2.24) is 19.6 Å². The van der Waals surface area contributed by atoms with Gasteiger partial charge in [-0.05, 0) is 43.5 Å². The molecule has 3 aliphatic rings. The van der Waals surface area contributed by atoms with Crippen LogP contribution in [0.3, 0.4) is 0 Å². The summed E-state index contributed by atoms with van der Waals surface area (Å²) in [5.41, 5.74) is 7.31. The number of rotatable bonds is 5. The Hall–Kier alpha value is -3.78. The van der Waals surface area contributed by atoms with Crippen LogP contribution in [0, 0.1) is 12.3 Å². The van der Waals surface area contributed by atoms with E-state index in [0.29, 0.717) is 16.9 Å². The molecule has 3 fully saturated rings. The van der Waals surface area contributed by atoms with Crippen molar-refractivity contribution in [1.29, 1.82) is 0 Å². The molecule has 3 aromatic heterocycles. The number of ether oxygens (including phenoxy) is 1. The molecule has 8 heteroatoms. The van der Waals surface area contributed by atoms with Gasteiger partial charge in [-0.1, -0.05) is 12.1 Å². The lowest BCUT2D eigenvalue weighted by molar-refractivity contribution is -0.127. The molecule has 1 N–H and O–H groups in total. The van der Waals surface area contributed by atoms with Gasteiger partial charge in [-0.25, -0.2) is 4.52 Å². The number of pyridine rings is 1. The van der Waals surface area contributed by atoms with E-state index < -0.39 is 0 Å². The van der Waals surface area contributed by atoms with Crippen molar-refractivity contribution in [2.45, 2.75) is 25.7 Å². The predicted molar refractivity (Wildman–Crippen MR) is 133 cm³/mol. The van der Waals surface area contributed by atoms with E-state index in [1.807, 2.05) is 43.7 Å². The molecule has 176 valence electrons. The number of carbonyl (C=O) groups is 1. The first kappa shape index (κ1) is 20.6. The summed E-state index contributed by atoms with van der Waals surface area (Å²) in [5, 5.41) is 7.49.